The monoisotopic (exact) mass is 235 g/mol. The van der Waals surface area contributed by atoms with Crippen molar-refractivity contribution in [3.8, 4) is 0 Å². The average molecular weight is 235 g/mol. The first-order valence-electron chi connectivity index (χ1n) is 6.31. The topological polar surface area (TPSA) is 38.2 Å². The number of hydrogen-bond acceptors (Lipinski definition) is 4. The third kappa shape index (κ3) is 2.94. The van der Waals surface area contributed by atoms with E-state index in [0.717, 1.165) is 32.0 Å². The molecule has 0 bridgehead atoms. The molecule has 0 unspecified atom stereocenters. The molecule has 0 atom stereocenters. The van der Waals surface area contributed by atoms with Crippen LogP contribution in [0.1, 0.15) is 38.2 Å². The Labute approximate surface area is 103 Å². The van der Waals surface area contributed by atoms with Gasteiger partial charge in [-0.1, -0.05) is 13.8 Å². The normalized spacial score (nSPS) is 17.4. The minimum atomic E-state index is 0.484. The molecule has 0 N–H and O–H groups in total. The van der Waals surface area contributed by atoms with Crippen molar-refractivity contribution < 1.29 is 4.74 Å². The second-order valence-corrected chi connectivity index (χ2v) is 4.93. The fourth-order valence-corrected chi connectivity index (χ4v) is 2.05. The van der Waals surface area contributed by atoms with Crippen molar-refractivity contribution in [2.24, 2.45) is 0 Å². The van der Waals surface area contributed by atoms with Crippen molar-refractivity contribution in [3.63, 3.8) is 0 Å². The smallest absolute Gasteiger partial charge is 0.225 e. The van der Waals surface area contributed by atoms with Gasteiger partial charge in [0.1, 0.15) is 0 Å². The Kier molecular flexibility index (Phi) is 3.94. The predicted octanol–water partition coefficient (Wildman–Crippen LogP) is 2.22. The highest BCUT2D eigenvalue weighted by Gasteiger charge is 2.20. The summed E-state index contributed by atoms with van der Waals surface area (Å²) in [5, 5.41) is 0. The van der Waals surface area contributed by atoms with Gasteiger partial charge in [0, 0.05) is 38.7 Å². The summed E-state index contributed by atoms with van der Waals surface area (Å²) in [6.07, 6.45) is 5.99. The molecule has 0 amide bonds. The van der Waals surface area contributed by atoms with Crippen molar-refractivity contribution in [1.82, 2.24) is 9.97 Å². The van der Waals surface area contributed by atoms with E-state index in [4.69, 9.17) is 4.74 Å². The SMILES string of the molecule is CC(C)c1cnc(N(C)C2CCOCC2)nc1. The first-order valence-corrected chi connectivity index (χ1v) is 6.31. The molecule has 0 radical (unpaired) electrons. The Bertz CT molecular complexity index is 344. The first kappa shape index (κ1) is 12.3. The Morgan fingerprint density at radius 3 is 2.35 bits per heavy atom. The van der Waals surface area contributed by atoms with Crippen LogP contribution in [0.3, 0.4) is 0 Å². The average Bonchev–Trinajstić information content (AvgIpc) is 2.39. The molecule has 17 heavy (non-hydrogen) atoms. The fourth-order valence-electron chi connectivity index (χ4n) is 2.05. The zero-order valence-electron chi connectivity index (χ0n) is 10.9. The van der Waals surface area contributed by atoms with E-state index in [0.29, 0.717) is 12.0 Å². The molecule has 0 saturated carbocycles. The lowest BCUT2D eigenvalue weighted by Gasteiger charge is -2.31. The van der Waals surface area contributed by atoms with Gasteiger partial charge in [0.15, 0.2) is 0 Å². The number of rotatable bonds is 3. The summed E-state index contributed by atoms with van der Waals surface area (Å²) in [6, 6.07) is 0.508. The summed E-state index contributed by atoms with van der Waals surface area (Å²) in [7, 11) is 2.07. The standard InChI is InChI=1S/C13H21N3O/c1-10(2)11-8-14-13(15-9-11)16(3)12-4-6-17-7-5-12/h8-10,12H,4-7H2,1-3H3. The molecule has 4 nitrogen and oxygen atoms in total. The summed E-state index contributed by atoms with van der Waals surface area (Å²) in [4.78, 5) is 11.1. The van der Waals surface area contributed by atoms with Gasteiger partial charge in [-0.05, 0) is 24.3 Å². The van der Waals surface area contributed by atoms with Crippen LogP contribution in [-0.4, -0.2) is 36.3 Å². The van der Waals surface area contributed by atoms with Crippen LogP contribution in [0.25, 0.3) is 0 Å². The van der Waals surface area contributed by atoms with E-state index in [-0.39, 0.29) is 0 Å². The van der Waals surface area contributed by atoms with Crippen LogP contribution in [-0.2, 0) is 4.74 Å². The van der Waals surface area contributed by atoms with Crippen LogP contribution >= 0.6 is 0 Å². The van der Waals surface area contributed by atoms with Crippen molar-refractivity contribution in [2.45, 2.75) is 38.6 Å². The fraction of sp³-hybridized carbons (Fsp3) is 0.692. The molecular formula is C13H21N3O. The third-order valence-electron chi connectivity index (χ3n) is 3.38. The lowest BCUT2D eigenvalue weighted by atomic mass is 10.1. The molecule has 1 aliphatic rings. The summed E-state index contributed by atoms with van der Waals surface area (Å²) >= 11 is 0. The van der Waals surface area contributed by atoms with E-state index in [1.54, 1.807) is 0 Å². The minimum Gasteiger partial charge on any atom is -0.381 e. The summed E-state index contributed by atoms with van der Waals surface area (Å²) in [5.41, 5.74) is 1.19. The van der Waals surface area contributed by atoms with Gasteiger partial charge in [0.2, 0.25) is 5.95 Å². The highest BCUT2D eigenvalue weighted by atomic mass is 16.5. The molecule has 2 heterocycles. The third-order valence-corrected chi connectivity index (χ3v) is 3.38. The van der Waals surface area contributed by atoms with Crippen molar-refractivity contribution >= 4 is 5.95 Å². The quantitative estimate of drug-likeness (QED) is 0.805. The Balaban J connectivity index is 2.05. The van der Waals surface area contributed by atoms with Gasteiger partial charge in [0.25, 0.3) is 0 Å². The molecule has 4 heteroatoms. The Morgan fingerprint density at radius 1 is 1.24 bits per heavy atom. The van der Waals surface area contributed by atoms with Crippen LogP contribution in [0.4, 0.5) is 5.95 Å². The van der Waals surface area contributed by atoms with Crippen LogP contribution < -0.4 is 4.90 Å². The van der Waals surface area contributed by atoms with E-state index in [1.807, 2.05) is 12.4 Å². The largest absolute Gasteiger partial charge is 0.381 e. The zero-order chi connectivity index (χ0) is 12.3. The second kappa shape index (κ2) is 5.45. The van der Waals surface area contributed by atoms with Crippen molar-refractivity contribution in [1.29, 1.82) is 0 Å². The van der Waals surface area contributed by atoms with E-state index < -0.39 is 0 Å². The van der Waals surface area contributed by atoms with Crippen molar-refractivity contribution in [3.05, 3.63) is 18.0 Å². The molecule has 0 aromatic carbocycles. The summed E-state index contributed by atoms with van der Waals surface area (Å²) in [5.74, 6) is 1.30. The Morgan fingerprint density at radius 2 is 1.82 bits per heavy atom. The molecule has 0 aliphatic carbocycles. The van der Waals surface area contributed by atoms with Crippen LogP contribution in [0, 0.1) is 0 Å². The Hall–Kier alpha value is -1.16. The maximum Gasteiger partial charge on any atom is 0.225 e. The van der Waals surface area contributed by atoms with E-state index in [2.05, 4.69) is 35.8 Å². The van der Waals surface area contributed by atoms with Crippen LogP contribution in [0.5, 0.6) is 0 Å². The van der Waals surface area contributed by atoms with E-state index in [9.17, 15) is 0 Å². The molecule has 94 valence electrons. The lowest BCUT2D eigenvalue weighted by Crippen LogP contribution is -2.37. The van der Waals surface area contributed by atoms with Gasteiger partial charge in [-0.15, -0.1) is 0 Å². The number of hydrogen-bond donors (Lipinski definition) is 0. The number of nitrogens with zero attached hydrogens (tertiary/aromatic N) is 3. The maximum absolute atomic E-state index is 5.37. The lowest BCUT2D eigenvalue weighted by molar-refractivity contribution is 0.0852. The summed E-state index contributed by atoms with van der Waals surface area (Å²) in [6.45, 7) is 6.00. The zero-order valence-corrected chi connectivity index (χ0v) is 10.9. The van der Waals surface area contributed by atoms with E-state index >= 15 is 0 Å². The molecule has 0 spiro atoms. The predicted molar refractivity (Wildman–Crippen MR) is 68.4 cm³/mol. The number of anilines is 1. The highest BCUT2D eigenvalue weighted by molar-refractivity contribution is 5.30. The van der Waals surface area contributed by atoms with Gasteiger partial charge < -0.3 is 9.64 Å². The highest BCUT2D eigenvalue weighted by Crippen LogP contribution is 2.19. The molecule has 1 aromatic heterocycles. The molecule has 1 aromatic rings. The van der Waals surface area contributed by atoms with E-state index in [1.165, 1.54) is 5.56 Å². The van der Waals surface area contributed by atoms with Gasteiger partial charge in [0.05, 0.1) is 0 Å². The van der Waals surface area contributed by atoms with Gasteiger partial charge in [-0.25, -0.2) is 9.97 Å². The molecule has 1 aliphatic heterocycles. The first-order chi connectivity index (χ1) is 8.18. The number of aromatic nitrogens is 2. The summed E-state index contributed by atoms with van der Waals surface area (Å²) < 4.78 is 5.37. The molecule has 2 rings (SSSR count). The van der Waals surface area contributed by atoms with Gasteiger partial charge in [-0.2, -0.15) is 0 Å². The van der Waals surface area contributed by atoms with Gasteiger partial charge >= 0.3 is 0 Å². The molecular weight excluding hydrogens is 214 g/mol. The van der Waals surface area contributed by atoms with Crippen molar-refractivity contribution in [2.75, 3.05) is 25.2 Å². The van der Waals surface area contributed by atoms with Crippen LogP contribution in [0.2, 0.25) is 0 Å². The number of ether oxygens (including phenoxy) is 1. The van der Waals surface area contributed by atoms with Gasteiger partial charge in [-0.3, -0.25) is 0 Å². The second-order valence-electron chi connectivity index (χ2n) is 4.93. The maximum atomic E-state index is 5.37. The molecule has 1 saturated heterocycles. The van der Waals surface area contributed by atoms with Crippen LogP contribution in [0.15, 0.2) is 12.4 Å². The molecule has 1 fully saturated rings. The minimum absolute atomic E-state index is 0.484.